The lowest BCUT2D eigenvalue weighted by molar-refractivity contribution is 0.548. The van der Waals surface area contributed by atoms with Gasteiger partial charge in [0, 0.05) is 7.05 Å². The van der Waals surface area contributed by atoms with Gasteiger partial charge in [0.25, 0.3) is 0 Å². The zero-order chi connectivity index (χ0) is 9.35. The Morgan fingerprint density at radius 3 is 2.67 bits per heavy atom. The van der Waals surface area contributed by atoms with Crippen molar-refractivity contribution in [3.63, 3.8) is 0 Å². The molecule has 7 heteroatoms. The van der Waals surface area contributed by atoms with E-state index in [9.17, 15) is 12.3 Å². The van der Waals surface area contributed by atoms with E-state index in [0.717, 1.165) is 0 Å². The Morgan fingerprint density at radius 2 is 2.33 bits per heavy atom. The molecule has 0 spiro atoms. The summed E-state index contributed by atoms with van der Waals surface area (Å²) < 4.78 is 33.9. The van der Waals surface area contributed by atoms with Gasteiger partial charge in [0.15, 0.2) is 0 Å². The highest BCUT2D eigenvalue weighted by Crippen LogP contribution is 2.17. The van der Waals surface area contributed by atoms with E-state index in [1.807, 2.05) is 0 Å². The first-order valence-electron chi connectivity index (χ1n) is 2.99. The highest BCUT2D eigenvalue weighted by Gasteiger charge is 2.15. The molecule has 0 aliphatic rings. The summed E-state index contributed by atoms with van der Waals surface area (Å²) in [6.45, 7) is 0. The molecule has 68 valence electrons. The summed E-state index contributed by atoms with van der Waals surface area (Å²) in [4.78, 5) is 0. The monoisotopic (exact) mass is 212 g/mol. The van der Waals surface area contributed by atoms with Gasteiger partial charge >= 0.3 is 10.2 Å². The summed E-state index contributed by atoms with van der Waals surface area (Å²) in [5, 5.41) is 3.81. The highest BCUT2D eigenvalue weighted by atomic mass is 35.5. The quantitative estimate of drug-likeness (QED) is 0.684. The van der Waals surface area contributed by atoms with Gasteiger partial charge < -0.3 is 0 Å². The minimum Gasteiger partial charge on any atom is -0.270 e. The van der Waals surface area contributed by atoms with E-state index in [0.29, 0.717) is 0 Å². The number of aromatic nitrogens is 2. The van der Waals surface area contributed by atoms with Crippen molar-refractivity contribution in [1.82, 2.24) is 9.78 Å². The summed E-state index contributed by atoms with van der Waals surface area (Å²) in [6, 6.07) is 0. The van der Waals surface area contributed by atoms with Crippen LogP contribution in [0, 0.1) is 0 Å². The average Bonchev–Trinajstić information content (AvgIpc) is 2.16. The number of rotatable bonds is 2. The van der Waals surface area contributed by atoms with Gasteiger partial charge in [-0.1, -0.05) is 11.6 Å². The molecule has 0 bridgehead atoms. The molecule has 0 atom stereocenters. The Labute approximate surface area is 74.2 Å². The Bertz CT molecular complexity index is 367. The van der Waals surface area contributed by atoms with Crippen LogP contribution in [-0.4, -0.2) is 18.2 Å². The van der Waals surface area contributed by atoms with Gasteiger partial charge in [-0.25, -0.2) is 0 Å². The summed E-state index contributed by atoms with van der Waals surface area (Å²) in [6.07, 6.45) is 1.27. The minimum atomic E-state index is -4.54. The topological polar surface area (TPSA) is 52.0 Å². The molecule has 1 aromatic heterocycles. The predicted molar refractivity (Wildman–Crippen MR) is 41.9 cm³/mol. The van der Waals surface area contributed by atoms with E-state index in [1.54, 1.807) is 0 Å². The number of hydrogen-bond donors (Lipinski definition) is 0. The fourth-order valence-corrected chi connectivity index (χ4v) is 1.74. The van der Waals surface area contributed by atoms with Crippen molar-refractivity contribution in [3.05, 3.63) is 16.9 Å². The molecule has 0 unspecified atom stereocenters. The van der Waals surface area contributed by atoms with E-state index in [4.69, 9.17) is 11.6 Å². The van der Waals surface area contributed by atoms with E-state index < -0.39 is 16.0 Å². The Balaban J connectivity index is 3.04. The predicted octanol–water partition coefficient (Wildman–Crippen LogP) is 0.873. The smallest absolute Gasteiger partial charge is 0.270 e. The van der Waals surface area contributed by atoms with Gasteiger partial charge in [-0.2, -0.15) is 13.5 Å². The zero-order valence-corrected chi connectivity index (χ0v) is 7.73. The van der Waals surface area contributed by atoms with Crippen LogP contribution in [0.4, 0.5) is 3.89 Å². The molecule has 0 aliphatic carbocycles. The lowest BCUT2D eigenvalue weighted by Gasteiger charge is -1.97. The molecule has 1 heterocycles. The number of aryl methyl sites for hydroxylation is 1. The first kappa shape index (κ1) is 9.47. The van der Waals surface area contributed by atoms with Gasteiger partial charge in [-0.15, -0.1) is 3.89 Å². The first-order valence-corrected chi connectivity index (χ1v) is 4.92. The van der Waals surface area contributed by atoms with Crippen LogP contribution in [0.3, 0.4) is 0 Å². The van der Waals surface area contributed by atoms with Crippen molar-refractivity contribution in [3.8, 4) is 0 Å². The third-order valence-electron chi connectivity index (χ3n) is 1.32. The summed E-state index contributed by atoms with van der Waals surface area (Å²) in [7, 11) is -3.04. The van der Waals surface area contributed by atoms with Crippen LogP contribution < -0.4 is 0 Å². The molecule has 0 N–H and O–H groups in total. The maximum absolute atomic E-state index is 12.2. The third-order valence-corrected chi connectivity index (χ3v) is 2.25. The molecule has 12 heavy (non-hydrogen) atoms. The first-order chi connectivity index (χ1) is 5.40. The molecule has 0 aromatic carbocycles. The normalized spacial score (nSPS) is 11.9. The summed E-state index contributed by atoms with van der Waals surface area (Å²) >= 11 is 5.54. The summed E-state index contributed by atoms with van der Waals surface area (Å²) in [5.41, 5.74) is 0.152. The zero-order valence-electron chi connectivity index (χ0n) is 6.16. The van der Waals surface area contributed by atoms with Gasteiger partial charge in [-0.3, -0.25) is 4.68 Å². The van der Waals surface area contributed by atoms with Gasteiger partial charge in [-0.05, 0) is 0 Å². The second-order valence-corrected chi connectivity index (χ2v) is 4.02. The van der Waals surface area contributed by atoms with Gasteiger partial charge in [0.05, 0.1) is 16.9 Å². The average molecular weight is 213 g/mol. The van der Waals surface area contributed by atoms with Crippen molar-refractivity contribution in [1.29, 1.82) is 0 Å². The van der Waals surface area contributed by atoms with Crippen molar-refractivity contribution in [2.75, 3.05) is 0 Å². The molecular formula is C5H6ClFN2O2S. The Kier molecular flexibility index (Phi) is 2.39. The fraction of sp³-hybridized carbons (Fsp3) is 0.400. The standard InChI is InChI=1S/C5H6ClFN2O2S/c1-9-5(3-12(7,10)11)4(6)2-8-9/h2H,3H2,1H3. The largest absolute Gasteiger partial charge is 0.308 e. The van der Waals surface area contributed by atoms with Crippen LogP contribution in [-0.2, 0) is 23.0 Å². The van der Waals surface area contributed by atoms with E-state index >= 15 is 0 Å². The maximum Gasteiger partial charge on any atom is 0.308 e. The van der Waals surface area contributed by atoms with Gasteiger partial charge in [0.1, 0.15) is 5.75 Å². The molecule has 0 saturated carbocycles. The lowest BCUT2D eigenvalue weighted by atomic mass is 10.5. The maximum atomic E-state index is 12.2. The molecule has 0 fully saturated rings. The third kappa shape index (κ3) is 2.18. The van der Waals surface area contributed by atoms with Crippen molar-refractivity contribution >= 4 is 21.8 Å². The van der Waals surface area contributed by atoms with Crippen molar-refractivity contribution < 1.29 is 12.3 Å². The van der Waals surface area contributed by atoms with Crippen molar-refractivity contribution in [2.45, 2.75) is 5.75 Å². The van der Waals surface area contributed by atoms with E-state index in [2.05, 4.69) is 5.10 Å². The molecule has 1 rings (SSSR count). The molecule has 4 nitrogen and oxygen atoms in total. The van der Waals surface area contributed by atoms with Crippen LogP contribution >= 0.6 is 11.6 Å². The van der Waals surface area contributed by atoms with Crippen LogP contribution in [0.2, 0.25) is 5.02 Å². The molecule has 0 radical (unpaired) electrons. The number of hydrogen-bond acceptors (Lipinski definition) is 3. The fourth-order valence-electron chi connectivity index (χ4n) is 0.762. The SMILES string of the molecule is Cn1ncc(Cl)c1CS(=O)(=O)F. The lowest BCUT2D eigenvalue weighted by Crippen LogP contribution is -2.03. The molecule has 0 amide bonds. The van der Waals surface area contributed by atoms with Crippen LogP contribution in [0.1, 0.15) is 5.69 Å². The second kappa shape index (κ2) is 3.02. The van der Waals surface area contributed by atoms with Crippen LogP contribution in [0.15, 0.2) is 6.20 Å². The molecule has 1 aromatic rings. The van der Waals surface area contributed by atoms with E-state index in [1.165, 1.54) is 17.9 Å². The molecule has 0 aliphatic heterocycles. The van der Waals surface area contributed by atoms with Crippen LogP contribution in [0.5, 0.6) is 0 Å². The Morgan fingerprint density at radius 1 is 1.75 bits per heavy atom. The van der Waals surface area contributed by atoms with Crippen LogP contribution in [0.25, 0.3) is 0 Å². The highest BCUT2D eigenvalue weighted by molar-refractivity contribution is 7.85. The van der Waals surface area contributed by atoms with Crippen molar-refractivity contribution in [2.24, 2.45) is 7.05 Å². The van der Waals surface area contributed by atoms with Gasteiger partial charge in [0.2, 0.25) is 0 Å². The Hall–Kier alpha value is -0.620. The minimum absolute atomic E-state index is 0.152. The summed E-state index contributed by atoms with van der Waals surface area (Å²) in [5.74, 6) is -0.734. The number of nitrogens with zero attached hydrogens (tertiary/aromatic N) is 2. The molecular weight excluding hydrogens is 207 g/mol. The second-order valence-electron chi connectivity index (χ2n) is 2.25. The van der Waals surface area contributed by atoms with E-state index in [-0.39, 0.29) is 10.7 Å². The molecule has 0 saturated heterocycles. The number of halogens is 2.